The Balaban J connectivity index is 1.48. The highest BCUT2D eigenvalue weighted by Gasteiger charge is 2.51. The molecule has 3 aromatic carbocycles. The molecule has 3 atom stereocenters. The van der Waals surface area contributed by atoms with E-state index in [2.05, 4.69) is 10.6 Å². The molecule has 3 N–H and O–H groups in total. The van der Waals surface area contributed by atoms with E-state index < -0.39 is 61.4 Å². The van der Waals surface area contributed by atoms with Gasteiger partial charge in [-0.05, 0) is 54.7 Å². The van der Waals surface area contributed by atoms with Gasteiger partial charge in [-0.15, -0.1) is 0 Å². The zero-order chi connectivity index (χ0) is 31.9. The number of likely N-dealkylation sites (tertiary alicyclic amines) is 1. The van der Waals surface area contributed by atoms with Gasteiger partial charge >= 0.3 is 0 Å². The Kier molecular flexibility index (Phi) is 10.5. The van der Waals surface area contributed by atoms with Crippen molar-refractivity contribution in [2.45, 2.75) is 57.3 Å². The number of alkyl halides is 2. The Morgan fingerprint density at radius 1 is 1.00 bits per heavy atom. The van der Waals surface area contributed by atoms with Crippen LogP contribution in [0.3, 0.4) is 0 Å². The Labute approximate surface area is 255 Å². The highest BCUT2D eigenvalue weighted by atomic mass is 19.3. The van der Waals surface area contributed by atoms with Crippen molar-refractivity contribution in [2.75, 3.05) is 20.3 Å². The number of ether oxygens (including phenoxy) is 2. The van der Waals surface area contributed by atoms with Gasteiger partial charge in [-0.3, -0.25) is 14.4 Å². The van der Waals surface area contributed by atoms with E-state index in [9.17, 15) is 28.3 Å². The summed E-state index contributed by atoms with van der Waals surface area (Å²) >= 11 is 0. The van der Waals surface area contributed by atoms with E-state index >= 15 is 0 Å². The number of nitrogens with zero attached hydrogens (tertiary/aromatic N) is 1. The minimum absolute atomic E-state index is 0.0236. The lowest BCUT2D eigenvalue weighted by atomic mass is 9.99. The number of hydrogen-bond donors (Lipinski definition) is 3. The Morgan fingerprint density at radius 2 is 1.66 bits per heavy atom. The average Bonchev–Trinajstić information content (AvgIpc) is 3.34. The molecule has 1 aliphatic heterocycles. The van der Waals surface area contributed by atoms with Crippen molar-refractivity contribution in [1.29, 1.82) is 0 Å². The number of carbonyl (C=O) groups is 3. The number of aliphatic hydroxyl groups is 1. The van der Waals surface area contributed by atoms with E-state index in [-0.39, 0.29) is 13.0 Å². The number of aliphatic hydroxyl groups excluding tert-OH is 1. The van der Waals surface area contributed by atoms with Crippen molar-refractivity contribution in [3.05, 3.63) is 95.1 Å². The van der Waals surface area contributed by atoms with Crippen LogP contribution in [0.25, 0.3) is 0 Å². The third kappa shape index (κ3) is 8.31. The van der Waals surface area contributed by atoms with Gasteiger partial charge in [0, 0.05) is 13.0 Å². The van der Waals surface area contributed by atoms with Gasteiger partial charge in [0.1, 0.15) is 17.5 Å². The topological polar surface area (TPSA) is 117 Å². The molecule has 0 aromatic heterocycles. The van der Waals surface area contributed by atoms with Crippen LogP contribution in [0.5, 0.6) is 11.5 Å². The predicted octanol–water partition coefficient (Wildman–Crippen LogP) is 3.33. The number of carbonyl (C=O) groups excluding carboxylic acids is 3. The van der Waals surface area contributed by atoms with Crippen LogP contribution in [0.4, 0.5) is 8.78 Å². The monoisotopic (exact) mass is 609 g/mol. The van der Waals surface area contributed by atoms with Crippen LogP contribution in [-0.2, 0) is 27.3 Å². The first-order valence-corrected chi connectivity index (χ1v) is 14.3. The number of hydrogen-bond acceptors (Lipinski definition) is 6. The molecule has 234 valence electrons. The molecular formula is C33H37F2N3O6. The van der Waals surface area contributed by atoms with E-state index in [4.69, 9.17) is 9.47 Å². The summed E-state index contributed by atoms with van der Waals surface area (Å²) < 4.78 is 40.1. The summed E-state index contributed by atoms with van der Waals surface area (Å²) in [5, 5.41) is 16.5. The molecule has 0 spiro atoms. The summed E-state index contributed by atoms with van der Waals surface area (Å²) in [6.07, 6.45) is -2.78. The van der Waals surface area contributed by atoms with E-state index in [0.717, 1.165) is 11.1 Å². The van der Waals surface area contributed by atoms with Crippen molar-refractivity contribution in [2.24, 2.45) is 0 Å². The third-order valence-corrected chi connectivity index (χ3v) is 7.49. The fourth-order valence-corrected chi connectivity index (χ4v) is 5.24. The van der Waals surface area contributed by atoms with Gasteiger partial charge in [-0.1, -0.05) is 60.7 Å². The second kappa shape index (κ2) is 14.3. The van der Waals surface area contributed by atoms with Crippen molar-refractivity contribution in [3.63, 3.8) is 0 Å². The Hall–Kier alpha value is -4.51. The van der Waals surface area contributed by atoms with Crippen LogP contribution in [-0.4, -0.2) is 72.1 Å². The van der Waals surface area contributed by atoms with Gasteiger partial charge in [0.25, 0.3) is 17.7 Å². The van der Waals surface area contributed by atoms with Gasteiger partial charge in [0.15, 0.2) is 12.7 Å². The van der Waals surface area contributed by atoms with Crippen LogP contribution >= 0.6 is 0 Å². The molecule has 0 radical (unpaired) electrons. The summed E-state index contributed by atoms with van der Waals surface area (Å²) in [4.78, 5) is 40.3. The minimum atomic E-state index is -3.34. The van der Waals surface area contributed by atoms with Gasteiger partial charge in [0.2, 0.25) is 5.91 Å². The lowest BCUT2D eigenvalue weighted by Crippen LogP contribution is -2.56. The van der Waals surface area contributed by atoms with E-state index in [1.54, 1.807) is 54.6 Å². The van der Waals surface area contributed by atoms with Gasteiger partial charge in [0.05, 0.1) is 19.7 Å². The fraction of sp³-hybridized carbons (Fsp3) is 0.364. The zero-order valence-electron chi connectivity index (χ0n) is 24.9. The summed E-state index contributed by atoms with van der Waals surface area (Å²) in [6, 6.07) is 18.5. The minimum Gasteiger partial charge on any atom is -0.497 e. The zero-order valence-corrected chi connectivity index (χ0v) is 24.9. The second-order valence-electron chi connectivity index (χ2n) is 10.9. The molecule has 9 nitrogen and oxygen atoms in total. The number of benzene rings is 3. The average molecular weight is 610 g/mol. The Morgan fingerprint density at radius 3 is 2.34 bits per heavy atom. The number of amides is 3. The number of aryl methyl sites for hydroxylation is 2. The fourth-order valence-electron chi connectivity index (χ4n) is 5.24. The smallest absolute Gasteiger partial charge is 0.267 e. The molecule has 0 aliphatic carbocycles. The number of nitrogens with one attached hydrogen (secondary N) is 2. The molecule has 11 heteroatoms. The molecule has 0 saturated carbocycles. The molecule has 3 aromatic rings. The van der Waals surface area contributed by atoms with Gasteiger partial charge < -0.3 is 30.1 Å². The molecule has 1 heterocycles. The van der Waals surface area contributed by atoms with E-state index in [1.807, 2.05) is 32.0 Å². The predicted molar refractivity (Wildman–Crippen MR) is 159 cm³/mol. The van der Waals surface area contributed by atoms with Crippen molar-refractivity contribution in [3.8, 4) is 11.5 Å². The largest absolute Gasteiger partial charge is 0.497 e. The van der Waals surface area contributed by atoms with E-state index in [1.165, 1.54) is 7.11 Å². The van der Waals surface area contributed by atoms with Crippen LogP contribution in [0.1, 0.15) is 28.7 Å². The second-order valence-corrected chi connectivity index (χ2v) is 10.9. The lowest BCUT2D eigenvalue weighted by molar-refractivity contribution is -0.147. The molecule has 1 saturated heterocycles. The quantitative estimate of drug-likeness (QED) is 0.290. The van der Waals surface area contributed by atoms with Crippen LogP contribution < -0.4 is 20.1 Å². The summed E-state index contributed by atoms with van der Waals surface area (Å²) in [6.45, 7) is 2.28. The molecule has 4 rings (SSSR count). The maximum absolute atomic E-state index is 14.6. The SMILES string of the molecule is COc1cccc(CNC(=O)[C@@H]2CC(F)(F)CN2C(=O)[C@@H](O)[C@H](Cc2ccccc2)NC(=O)COc2c(C)cccc2C)c1. The number of para-hydroxylation sites is 1. The van der Waals surface area contributed by atoms with Crippen molar-refractivity contribution in [1.82, 2.24) is 15.5 Å². The summed E-state index contributed by atoms with van der Waals surface area (Å²) in [5.74, 6) is -4.71. The first-order chi connectivity index (χ1) is 21.0. The molecule has 3 amide bonds. The lowest BCUT2D eigenvalue weighted by Gasteiger charge is -2.30. The molecular weight excluding hydrogens is 572 g/mol. The molecule has 0 bridgehead atoms. The number of halogens is 2. The number of rotatable bonds is 12. The third-order valence-electron chi connectivity index (χ3n) is 7.49. The molecule has 44 heavy (non-hydrogen) atoms. The highest BCUT2D eigenvalue weighted by molar-refractivity contribution is 5.91. The number of methoxy groups -OCH3 is 1. The van der Waals surface area contributed by atoms with Crippen molar-refractivity contribution < 1.29 is 37.7 Å². The van der Waals surface area contributed by atoms with Crippen LogP contribution in [0.2, 0.25) is 0 Å². The first kappa shape index (κ1) is 32.4. The highest BCUT2D eigenvalue weighted by Crippen LogP contribution is 2.33. The molecule has 1 fully saturated rings. The maximum atomic E-state index is 14.6. The van der Waals surface area contributed by atoms with E-state index in [0.29, 0.717) is 27.5 Å². The van der Waals surface area contributed by atoms with Gasteiger partial charge in [-0.2, -0.15) is 0 Å². The van der Waals surface area contributed by atoms with Crippen LogP contribution in [0.15, 0.2) is 72.8 Å². The normalized spacial score (nSPS) is 17.0. The maximum Gasteiger partial charge on any atom is 0.267 e. The van der Waals surface area contributed by atoms with Crippen LogP contribution in [0, 0.1) is 13.8 Å². The standard InChI is InChI=1S/C33H37F2N3O6/c1-21-9-7-10-22(2)30(21)44-19-28(39)37-26(16-23-11-5-4-6-12-23)29(40)32(42)38-20-33(34,35)17-27(38)31(41)36-18-24-13-8-14-25(15-24)43-3/h4-15,26-27,29,40H,16-20H2,1-3H3,(H,36,41)(H,37,39)/t26-,27-,29-/m0/s1. The molecule has 0 unspecified atom stereocenters. The van der Waals surface area contributed by atoms with Crippen molar-refractivity contribution >= 4 is 17.7 Å². The summed E-state index contributed by atoms with van der Waals surface area (Å²) in [7, 11) is 1.50. The first-order valence-electron chi connectivity index (χ1n) is 14.3. The van der Waals surface area contributed by atoms with Gasteiger partial charge in [-0.25, -0.2) is 8.78 Å². The molecule has 1 aliphatic rings. The summed E-state index contributed by atoms with van der Waals surface area (Å²) in [5.41, 5.74) is 3.04. The Bertz CT molecular complexity index is 1450.